The third-order valence-electron chi connectivity index (χ3n) is 5.35. The van der Waals surface area contributed by atoms with Crippen LogP contribution in [-0.2, 0) is 20.9 Å². The summed E-state index contributed by atoms with van der Waals surface area (Å²) in [5.74, 6) is 0.0285. The Bertz CT molecular complexity index is 1140. The van der Waals surface area contributed by atoms with Crippen molar-refractivity contribution in [2.24, 2.45) is 5.73 Å². The standard InChI is InChI=1S/C26H28N2O5/c1-5-30-22-13-18(11-12-21(22)32-15-19-10-8-7-9-16(19)3)24-20(14-27)25(28)33-17(4)23(24)26(29)31-6-2/h7-13,24H,5-6,15,28H2,1-4H3. The number of hydrogen-bond donors (Lipinski definition) is 1. The maximum Gasteiger partial charge on any atom is 0.338 e. The van der Waals surface area contributed by atoms with Crippen molar-refractivity contribution in [3.8, 4) is 17.6 Å². The number of carbonyl (C=O) groups excluding carboxylic acids is 1. The van der Waals surface area contributed by atoms with E-state index < -0.39 is 11.9 Å². The predicted molar refractivity (Wildman–Crippen MR) is 123 cm³/mol. The van der Waals surface area contributed by atoms with Gasteiger partial charge in [-0.1, -0.05) is 30.3 Å². The molecule has 1 aliphatic rings. The number of nitriles is 1. The van der Waals surface area contributed by atoms with Gasteiger partial charge in [0, 0.05) is 0 Å². The van der Waals surface area contributed by atoms with E-state index in [0.717, 1.165) is 11.1 Å². The maximum absolute atomic E-state index is 12.7. The van der Waals surface area contributed by atoms with Gasteiger partial charge in [0.15, 0.2) is 11.5 Å². The second-order valence-electron chi connectivity index (χ2n) is 7.47. The van der Waals surface area contributed by atoms with Gasteiger partial charge in [0.25, 0.3) is 0 Å². The van der Waals surface area contributed by atoms with Crippen LogP contribution in [0.5, 0.6) is 11.5 Å². The number of rotatable bonds is 8. The summed E-state index contributed by atoms with van der Waals surface area (Å²) in [6.07, 6.45) is 0. The Morgan fingerprint density at radius 1 is 1.09 bits per heavy atom. The minimum absolute atomic E-state index is 0.0362. The average Bonchev–Trinajstić information content (AvgIpc) is 2.79. The van der Waals surface area contributed by atoms with E-state index in [-0.39, 0.29) is 23.6 Å². The van der Waals surface area contributed by atoms with Crippen LogP contribution in [0.15, 0.2) is 65.3 Å². The summed E-state index contributed by atoms with van der Waals surface area (Å²) in [6.45, 7) is 8.24. The summed E-state index contributed by atoms with van der Waals surface area (Å²) in [5, 5.41) is 9.77. The zero-order valence-electron chi connectivity index (χ0n) is 19.3. The lowest BCUT2D eigenvalue weighted by molar-refractivity contribution is -0.139. The molecular formula is C26H28N2O5. The normalized spacial score (nSPS) is 15.5. The van der Waals surface area contributed by atoms with Crippen LogP contribution in [-0.4, -0.2) is 19.2 Å². The van der Waals surface area contributed by atoms with Crippen molar-refractivity contribution in [1.29, 1.82) is 5.26 Å². The Morgan fingerprint density at radius 2 is 1.85 bits per heavy atom. The molecule has 0 aliphatic carbocycles. The van der Waals surface area contributed by atoms with Crippen molar-refractivity contribution in [2.45, 2.75) is 40.2 Å². The number of carbonyl (C=O) groups is 1. The van der Waals surface area contributed by atoms with Gasteiger partial charge < -0.3 is 24.7 Å². The van der Waals surface area contributed by atoms with Gasteiger partial charge >= 0.3 is 5.97 Å². The van der Waals surface area contributed by atoms with Crippen LogP contribution >= 0.6 is 0 Å². The first kappa shape index (κ1) is 23.7. The first-order valence-electron chi connectivity index (χ1n) is 10.8. The molecule has 0 spiro atoms. The second kappa shape index (κ2) is 10.6. The highest BCUT2D eigenvalue weighted by Gasteiger charge is 2.36. The second-order valence-corrected chi connectivity index (χ2v) is 7.47. The lowest BCUT2D eigenvalue weighted by Gasteiger charge is -2.27. The first-order valence-corrected chi connectivity index (χ1v) is 10.8. The van der Waals surface area contributed by atoms with E-state index in [4.69, 9.17) is 24.7 Å². The minimum Gasteiger partial charge on any atom is -0.490 e. The molecule has 0 amide bonds. The van der Waals surface area contributed by atoms with E-state index in [0.29, 0.717) is 36.0 Å². The van der Waals surface area contributed by atoms with E-state index in [9.17, 15) is 10.1 Å². The number of ether oxygens (including phenoxy) is 4. The predicted octanol–water partition coefficient (Wildman–Crippen LogP) is 4.62. The van der Waals surface area contributed by atoms with Crippen LogP contribution in [0.4, 0.5) is 0 Å². The number of esters is 1. The van der Waals surface area contributed by atoms with E-state index in [2.05, 4.69) is 6.07 Å². The van der Waals surface area contributed by atoms with Crippen LogP contribution in [0.3, 0.4) is 0 Å². The number of aryl methyl sites for hydroxylation is 1. The van der Waals surface area contributed by atoms with Crippen LogP contribution in [0.2, 0.25) is 0 Å². The molecule has 0 fully saturated rings. The largest absolute Gasteiger partial charge is 0.490 e. The highest BCUT2D eigenvalue weighted by molar-refractivity contribution is 5.92. The zero-order chi connectivity index (χ0) is 24.0. The molecule has 7 nitrogen and oxygen atoms in total. The van der Waals surface area contributed by atoms with Crippen molar-refractivity contribution in [3.05, 3.63) is 81.9 Å². The summed E-state index contributed by atoms with van der Waals surface area (Å²) in [6, 6.07) is 15.4. The molecule has 1 unspecified atom stereocenters. The highest BCUT2D eigenvalue weighted by Crippen LogP contribution is 2.42. The molecule has 3 rings (SSSR count). The minimum atomic E-state index is -0.743. The van der Waals surface area contributed by atoms with Crippen LogP contribution in [0, 0.1) is 18.3 Å². The molecule has 1 heterocycles. The van der Waals surface area contributed by atoms with Crippen LogP contribution < -0.4 is 15.2 Å². The topological polar surface area (TPSA) is 104 Å². The Morgan fingerprint density at radius 3 is 2.52 bits per heavy atom. The molecule has 1 aliphatic heterocycles. The molecule has 2 N–H and O–H groups in total. The van der Waals surface area contributed by atoms with Crippen molar-refractivity contribution < 1.29 is 23.7 Å². The smallest absolute Gasteiger partial charge is 0.338 e. The third kappa shape index (κ3) is 5.12. The Kier molecular flexibility index (Phi) is 7.62. The molecule has 0 bridgehead atoms. The fourth-order valence-corrected chi connectivity index (χ4v) is 3.71. The summed E-state index contributed by atoms with van der Waals surface area (Å²) >= 11 is 0. The number of hydrogen-bond acceptors (Lipinski definition) is 7. The molecule has 2 aromatic carbocycles. The quantitative estimate of drug-likeness (QED) is 0.588. The van der Waals surface area contributed by atoms with E-state index in [1.807, 2.05) is 38.1 Å². The Hall–Kier alpha value is -3.92. The Balaban J connectivity index is 2.01. The molecule has 0 radical (unpaired) electrons. The van der Waals surface area contributed by atoms with Crippen molar-refractivity contribution >= 4 is 5.97 Å². The van der Waals surface area contributed by atoms with Gasteiger partial charge in [-0.3, -0.25) is 0 Å². The molecule has 33 heavy (non-hydrogen) atoms. The van der Waals surface area contributed by atoms with Crippen molar-refractivity contribution in [2.75, 3.05) is 13.2 Å². The van der Waals surface area contributed by atoms with Gasteiger partial charge in [-0.2, -0.15) is 5.26 Å². The lowest BCUT2D eigenvalue weighted by atomic mass is 9.83. The lowest BCUT2D eigenvalue weighted by Crippen LogP contribution is -2.25. The van der Waals surface area contributed by atoms with Crippen LogP contribution in [0.1, 0.15) is 43.4 Å². The number of nitrogens with zero attached hydrogens (tertiary/aromatic N) is 1. The molecule has 1 atom stereocenters. The molecule has 172 valence electrons. The first-order chi connectivity index (χ1) is 15.9. The fourth-order valence-electron chi connectivity index (χ4n) is 3.71. The van der Waals surface area contributed by atoms with Gasteiger partial charge in [0.1, 0.15) is 24.0 Å². The van der Waals surface area contributed by atoms with E-state index >= 15 is 0 Å². The van der Waals surface area contributed by atoms with Gasteiger partial charge in [-0.05, 0) is 56.5 Å². The monoisotopic (exact) mass is 448 g/mol. The molecule has 7 heteroatoms. The van der Waals surface area contributed by atoms with Gasteiger partial charge in [-0.15, -0.1) is 0 Å². The average molecular weight is 449 g/mol. The SMILES string of the molecule is CCOC(=O)C1=C(C)OC(N)=C(C#N)C1c1ccc(OCc2ccccc2C)c(OCC)c1. The Labute approximate surface area is 194 Å². The molecule has 0 saturated carbocycles. The fraction of sp³-hybridized carbons (Fsp3) is 0.308. The van der Waals surface area contributed by atoms with Gasteiger partial charge in [-0.25, -0.2) is 4.79 Å². The molecule has 0 saturated heterocycles. The van der Waals surface area contributed by atoms with E-state index in [1.54, 1.807) is 32.0 Å². The van der Waals surface area contributed by atoms with Crippen molar-refractivity contribution in [1.82, 2.24) is 0 Å². The third-order valence-corrected chi connectivity index (χ3v) is 5.35. The number of benzene rings is 2. The maximum atomic E-state index is 12.7. The summed E-state index contributed by atoms with van der Waals surface area (Å²) < 4.78 is 22.6. The van der Waals surface area contributed by atoms with Crippen LogP contribution in [0.25, 0.3) is 0 Å². The van der Waals surface area contributed by atoms with Gasteiger partial charge in [0.05, 0.1) is 24.7 Å². The molecule has 2 aromatic rings. The number of allylic oxidation sites excluding steroid dienone is 2. The zero-order valence-corrected chi connectivity index (χ0v) is 19.3. The summed E-state index contributed by atoms with van der Waals surface area (Å²) in [5.41, 5.74) is 9.21. The van der Waals surface area contributed by atoms with Crippen molar-refractivity contribution in [3.63, 3.8) is 0 Å². The molecular weight excluding hydrogens is 420 g/mol. The van der Waals surface area contributed by atoms with E-state index in [1.165, 1.54) is 0 Å². The molecule has 0 aromatic heterocycles. The highest BCUT2D eigenvalue weighted by atomic mass is 16.5. The number of nitrogens with two attached hydrogens (primary N) is 1. The summed E-state index contributed by atoms with van der Waals surface area (Å²) in [4.78, 5) is 12.7. The van der Waals surface area contributed by atoms with Gasteiger partial charge in [0.2, 0.25) is 5.88 Å². The summed E-state index contributed by atoms with van der Waals surface area (Å²) in [7, 11) is 0.